The van der Waals surface area contributed by atoms with Gasteiger partial charge >= 0.3 is 6.09 Å². The lowest BCUT2D eigenvalue weighted by atomic mass is 9.85. The molecule has 29 heavy (non-hydrogen) atoms. The van der Waals surface area contributed by atoms with Crippen molar-refractivity contribution in [1.82, 2.24) is 9.80 Å². The molecule has 2 saturated heterocycles. The first kappa shape index (κ1) is 19.9. The third-order valence-corrected chi connectivity index (χ3v) is 5.93. The zero-order chi connectivity index (χ0) is 20.1. The van der Waals surface area contributed by atoms with Gasteiger partial charge in [0.25, 0.3) is 0 Å². The molecule has 0 radical (unpaired) electrons. The lowest BCUT2D eigenvalue weighted by Gasteiger charge is -2.50. The molecule has 5 nitrogen and oxygen atoms in total. The Morgan fingerprint density at radius 3 is 2.45 bits per heavy atom. The minimum atomic E-state index is -0.300. The Balaban J connectivity index is 1.35. The van der Waals surface area contributed by atoms with Crippen molar-refractivity contribution in [3.8, 4) is 0 Å². The number of carbonyl (C=O) groups is 1. The summed E-state index contributed by atoms with van der Waals surface area (Å²) in [5.74, 6) is -0.213. The summed E-state index contributed by atoms with van der Waals surface area (Å²) in [6.07, 6.45) is 1.42. The molecule has 2 aliphatic heterocycles. The fourth-order valence-electron chi connectivity index (χ4n) is 4.20. The average Bonchev–Trinajstić information content (AvgIpc) is 2.76. The number of halogens is 1. The molecule has 0 atom stereocenters. The summed E-state index contributed by atoms with van der Waals surface area (Å²) in [7, 11) is 0. The third kappa shape index (κ3) is 4.77. The first-order chi connectivity index (χ1) is 14.1. The first-order valence-electron chi connectivity index (χ1n) is 10.2. The second-order valence-corrected chi connectivity index (χ2v) is 7.87. The molecule has 0 unspecified atom stereocenters. The Morgan fingerprint density at radius 2 is 1.72 bits per heavy atom. The molecule has 0 aromatic heterocycles. The zero-order valence-corrected chi connectivity index (χ0v) is 16.6. The number of amides is 1. The third-order valence-electron chi connectivity index (χ3n) is 5.93. The Kier molecular flexibility index (Phi) is 6.11. The maximum absolute atomic E-state index is 13.1. The molecular formula is C23H27FN2O3. The van der Waals surface area contributed by atoms with Gasteiger partial charge in [-0.15, -0.1) is 0 Å². The minimum absolute atomic E-state index is 0.213. The van der Waals surface area contributed by atoms with Gasteiger partial charge < -0.3 is 9.47 Å². The van der Waals surface area contributed by atoms with Crippen LogP contribution in [0.15, 0.2) is 54.6 Å². The van der Waals surface area contributed by atoms with E-state index < -0.39 is 0 Å². The van der Waals surface area contributed by atoms with Gasteiger partial charge in [-0.05, 0) is 36.1 Å². The number of piperidine rings is 1. The molecule has 2 aromatic carbocycles. The minimum Gasteiger partial charge on any atom is -0.445 e. The van der Waals surface area contributed by atoms with E-state index in [1.165, 1.54) is 12.1 Å². The maximum atomic E-state index is 13.1. The summed E-state index contributed by atoms with van der Waals surface area (Å²) in [4.78, 5) is 17.1. The number of benzene rings is 2. The number of hydrogen-bond acceptors (Lipinski definition) is 4. The molecule has 0 aliphatic carbocycles. The molecule has 6 heteroatoms. The Labute approximate surface area is 171 Å². The van der Waals surface area contributed by atoms with Crippen molar-refractivity contribution in [2.75, 3.05) is 32.8 Å². The monoisotopic (exact) mass is 398 g/mol. The number of carbonyl (C=O) groups excluding carboxylic acids is 1. The number of nitrogens with zero attached hydrogens (tertiary/aromatic N) is 2. The van der Waals surface area contributed by atoms with Crippen LogP contribution in [0, 0.1) is 5.82 Å². The molecule has 2 fully saturated rings. The number of hydrogen-bond donors (Lipinski definition) is 0. The summed E-state index contributed by atoms with van der Waals surface area (Å²) < 4.78 is 24.5. The van der Waals surface area contributed by atoms with E-state index in [9.17, 15) is 9.18 Å². The largest absolute Gasteiger partial charge is 0.445 e. The quantitative estimate of drug-likeness (QED) is 0.785. The predicted molar refractivity (Wildman–Crippen MR) is 108 cm³/mol. The SMILES string of the molecule is O=C(OCc1ccccc1)N1CCOCC12CCN(Cc1ccc(F)cc1)CC2. The second kappa shape index (κ2) is 8.93. The van der Waals surface area contributed by atoms with E-state index in [0.717, 1.165) is 43.6 Å². The lowest BCUT2D eigenvalue weighted by Crippen LogP contribution is -2.63. The molecule has 0 bridgehead atoms. The molecular weight excluding hydrogens is 371 g/mol. The van der Waals surface area contributed by atoms with Crippen LogP contribution >= 0.6 is 0 Å². The van der Waals surface area contributed by atoms with Crippen LogP contribution in [-0.4, -0.2) is 54.3 Å². The molecule has 154 valence electrons. The van der Waals surface area contributed by atoms with Crippen LogP contribution in [0.25, 0.3) is 0 Å². The summed E-state index contributed by atoms with van der Waals surface area (Å²) in [6.45, 7) is 4.46. The number of rotatable bonds is 4. The van der Waals surface area contributed by atoms with Crippen molar-refractivity contribution in [2.45, 2.75) is 31.5 Å². The molecule has 4 rings (SSSR count). The van der Waals surface area contributed by atoms with E-state index in [1.54, 1.807) is 0 Å². The van der Waals surface area contributed by atoms with Crippen molar-refractivity contribution in [3.05, 3.63) is 71.5 Å². The van der Waals surface area contributed by atoms with Gasteiger partial charge in [0.15, 0.2) is 0 Å². The van der Waals surface area contributed by atoms with E-state index in [4.69, 9.17) is 9.47 Å². The second-order valence-electron chi connectivity index (χ2n) is 7.87. The van der Waals surface area contributed by atoms with Gasteiger partial charge in [0.05, 0.1) is 18.8 Å². The van der Waals surface area contributed by atoms with Gasteiger partial charge in [0.2, 0.25) is 0 Å². The van der Waals surface area contributed by atoms with Crippen molar-refractivity contribution in [3.63, 3.8) is 0 Å². The van der Waals surface area contributed by atoms with Crippen molar-refractivity contribution >= 4 is 6.09 Å². The highest BCUT2D eigenvalue weighted by Gasteiger charge is 2.45. The number of ether oxygens (including phenoxy) is 2. The Hall–Kier alpha value is -2.44. The van der Waals surface area contributed by atoms with Gasteiger partial charge in [-0.2, -0.15) is 0 Å². The summed E-state index contributed by atoms with van der Waals surface area (Å²) in [5, 5.41) is 0. The smallest absolute Gasteiger partial charge is 0.410 e. The molecule has 2 aliphatic rings. The summed E-state index contributed by atoms with van der Waals surface area (Å²) in [5.41, 5.74) is 1.78. The van der Waals surface area contributed by atoms with Crippen LogP contribution in [-0.2, 0) is 22.6 Å². The topological polar surface area (TPSA) is 42.0 Å². The highest BCUT2D eigenvalue weighted by Crippen LogP contribution is 2.33. The number of morpholine rings is 1. The molecule has 0 N–H and O–H groups in total. The van der Waals surface area contributed by atoms with Crippen LogP contribution in [0.5, 0.6) is 0 Å². The van der Waals surface area contributed by atoms with Crippen LogP contribution in [0.3, 0.4) is 0 Å². The molecule has 2 aromatic rings. The van der Waals surface area contributed by atoms with Crippen molar-refractivity contribution < 1.29 is 18.7 Å². The fourth-order valence-corrected chi connectivity index (χ4v) is 4.20. The average molecular weight is 398 g/mol. The first-order valence-corrected chi connectivity index (χ1v) is 10.2. The lowest BCUT2D eigenvalue weighted by molar-refractivity contribution is -0.0871. The van der Waals surface area contributed by atoms with Crippen molar-refractivity contribution in [2.24, 2.45) is 0 Å². The Morgan fingerprint density at radius 1 is 1.00 bits per heavy atom. The predicted octanol–water partition coefficient (Wildman–Crippen LogP) is 3.83. The summed E-state index contributed by atoms with van der Waals surface area (Å²) in [6, 6.07) is 16.4. The van der Waals surface area contributed by atoms with E-state index in [-0.39, 0.29) is 24.1 Å². The Bertz CT molecular complexity index is 805. The molecule has 0 saturated carbocycles. The van der Waals surface area contributed by atoms with E-state index in [0.29, 0.717) is 19.8 Å². The van der Waals surface area contributed by atoms with Crippen LogP contribution in [0.1, 0.15) is 24.0 Å². The molecule has 2 heterocycles. The fraction of sp³-hybridized carbons (Fsp3) is 0.435. The normalized spacial score (nSPS) is 19.3. The van der Waals surface area contributed by atoms with Gasteiger partial charge in [0, 0.05) is 26.2 Å². The van der Waals surface area contributed by atoms with Crippen LogP contribution in [0.2, 0.25) is 0 Å². The van der Waals surface area contributed by atoms with E-state index in [2.05, 4.69) is 4.90 Å². The van der Waals surface area contributed by atoms with E-state index >= 15 is 0 Å². The van der Waals surface area contributed by atoms with Gasteiger partial charge in [0.1, 0.15) is 12.4 Å². The zero-order valence-electron chi connectivity index (χ0n) is 16.6. The highest BCUT2D eigenvalue weighted by atomic mass is 19.1. The van der Waals surface area contributed by atoms with Gasteiger partial charge in [-0.25, -0.2) is 9.18 Å². The van der Waals surface area contributed by atoms with Crippen LogP contribution in [0.4, 0.5) is 9.18 Å². The highest BCUT2D eigenvalue weighted by molar-refractivity contribution is 5.69. The van der Waals surface area contributed by atoms with Gasteiger partial charge in [-0.1, -0.05) is 42.5 Å². The van der Waals surface area contributed by atoms with Crippen LogP contribution < -0.4 is 0 Å². The molecule has 1 amide bonds. The number of likely N-dealkylation sites (tertiary alicyclic amines) is 1. The van der Waals surface area contributed by atoms with Gasteiger partial charge in [-0.3, -0.25) is 9.80 Å². The van der Waals surface area contributed by atoms with Crippen molar-refractivity contribution in [1.29, 1.82) is 0 Å². The summed E-state index contributed by atoms with van der Waals surface area (Å²) >= 11 is 0. The molecule has 1 spiro atoms. The maximum Gasteiger partial charge on any atom is 0.410 e. The van der Waals surface area contributed by atoms with E-state index in [1.807, 2.05) is 47.4 Å². The standard InChI is InChI=1S/C23H27FN2O3/c24-21-8-6-19(7-9-21)16-25-12-10-23(11-13-25)18-28-15-14-26(23)22(27)29-17-20-4-2-1-3-5-20/h1-9H,10-18H2.